The maximum absolute atomic E-state index is 12.0. The number of amides is 3. The second-order valence-corrected chi connectivity index (χ2v) is 4.94. The molecule has 0 aliphatic rings. The van der Waals surface area contributed by atoms with E-state index >= 15 is 0 Å². The molecule has 1 atom stereocenters. The van der Waals surface area contributed by atoms with Gasteiger partial charge in [-0.25, -0.2) is 9.59 Å². The molecule has 0 aliphatic heterocycles. The number of thioether (sulfide) groups is 1. The minimum atomic E-state index is -1.06. The van der Waals surface area contributed by atoms with Crippen LogP contribution in [0.15, 0.2) is 29.2 Å². The van der Waals surface area contributed by atoms with Gasteiger partial charge in [-0.05, 0) is 32.2 Å². The van der Waals surface area contributed by atoms with Gasteiger partial charge in [-0.1, -0.05) is 12.1 Å². The summed E-state index contributed by atoms with van der Waals surface area (Å²) in [6.45, 7) is 3.54. The molecule has 1 unspecified atom stereocenters. The molecular formula is C14H18N2O4S. The smallest absolute Gasteiger partial charge is 0.340 e. The summed E-state index contributed by atoms with van der Waals surface area (Å²) >= 11 is 1.41. The first-order valence-corrected chi connectivity index (χ1v) is 7.64. The van der Waals surface area contributed by atoms with E-state index in [0.717, 1.165) is 4.90 Å². The Labute approximate surface area is 127 Å². The Morgan fingerprint density at radius 2 is 1.95 bits per heavy atom. The van der Waals surface area contributed by atoms with Gasteiger partial charge in [-0.15, -0.1) is 11.8 Å². The predicted molar refractivity (Wildman–Crippen MR) is 80.3 cm³/mol. The quantitative estimate of drug-likeness (QED) is 0.640. The fraction of sp³-hybridized carbons (Fsp3) is 0.357. The van der Waals surface area contributed by atoms with Crippen LogP contribution in [0, 0.1) is 0 Å². The van der Waals surface area contributed by atoms with E-state index in [0.29, 0.717) is 12.1 Å². The minimum absolute atomic E-state index is 0.391. The van der Waals surface area contributed by atoms with Crippen molar-refractivity contribution in [1.29, 1.82) is 0 Å². The van der Waals surface area contributed by atoms with Crippen LogP contribution in [0.3, 0.4) is 0 Å². The molecule has 1 aromatic carbocycles. The van der Waals surface area contributed by atoms with E-state index in [4.69, 9.17) is 4.74 Å². The molecule has 0 aliphatic carbocycles. The number of nitrogens with one attached hydrogen (secondary N) is 2. The molecule has 0 heterocycles. The van der Waals surface area contributed by atoms with Crippen molar-refractivity contribution in [2.75, 3.05) is 12.8 Å². The van der Waals surface area contributed by atoms with Crippen LogP contribution in [0.1, 0.15) is 24.2 Å². The molecule has 1 rings (SSSR count). The number of urea groups is 1. The molecule has 21 heavy (non-hydrogen) atoms. The van der Waals surface area contributed by atoms with E-state index in [2.05, 4.69) is 10.6 Å². The van der Waals surface area contributed by atoms with Gasteiger partial charge in [-0.2, -0.15) is 0 Å². The van der Waals surface area contributed by atoms with Crippen LogP contribution in [0.2, 0.25) is 0 Å². The maximum Gasteiger partial charge on any atom is 0.340 e. The Morgan fingerprint density at radius 3 is 2.57 bits per heavy atom. The van der Waals surface area contributed by atoms with Crippen molar-refractivity contribution in [3.63, 3.8) is 0 Å². The molecule has 1 aromatic rings. The van der Waals surface area contributed by atoms with Crippen LogP contribution >= 0.6 is 11.8 Å². The summed E-state index contributed by atoms with van der Waals surface area (Å²) in [6, 6.07) is 6.34. The zero-order valence-corrected chi connectivity index (χ0v) is 13.0. The molecule has 6 nitrogen and oxygen atoms in total. The summed E-state index contributed by atoms with van der Waals surface area (Å²) < 4.78 is 5.08. The van der Waals surface area contributed by atoms with Crippen LogP contribution in [-0.2, 0) is 9.53 Å². The largest absolute Gasteiger partial charge is 0.449 e. The standard InChI is InChI=1S/C14H18N2O4S/c1-4-15-14(19)16-12(17)9(2)20-13(18)10-7-5-6-8-11(10)21-3/h5-9H,4H2,1-3H3,(H2,15,16,17,19). The average Bonchev–Trinajstić information content (AvgIpc) is 2.47. The number of carbonyl (C=O) groups is 3. The van der Waals surface area contributed by atoms with Gasteiger partial charge in [0, 0.05) is 11.4 Å². The van der Waals surface area contributed by atoms with Gasteiger partial charge in [0.25, 0.3) is 5.91 Å². The number of rotatable bonds is 5. The Kier molecular flexibility index (Phi) is 6.74. The van der Waals surface area contributed by atoms with Crippen molar-refractivity contribution in [3.05, 3.63) is 29.8 Å². The number of esters is 1. The van der Waals surface area contributed by atoms with Crippen LogP contribution in [0.5, 0.6) is 0 Å². The second-order valence-electron chi connectivity index (χ2n) is 4.10. The van der Waals surface area contributed by atoms with Crippen LogP contribution < -0.4 is 10.6 Å². The van der Waals surface area contributed by atoms with Gasteiger partial charge in [0.1, 0.15) is 0 Å². The summed E-state index contributed by atoms with van der Waals surface area (Å²) in [5, 5.41) is 4.51. The zero-order chi connectivity index (χ0) is 15.8. The van der Waals surface area contributed by atoms with Gasteiger partial charge < -0.3 is 10.1 Å². The lowest BCUT2D eigenvalue weighted by Crippen LogP contribution is -2.44. The van der Waals surface area contributed by atoms with Crippen molar-refractivity contribution in [3.8, 4) is 0 Å². The van der Waals surface area contributed by atoms with E-state index in [1.54, 1.807) is 25.1 Å². The highest BCUT2D eigenvalue weighted by Crippen LogP contribution is 2.20. The van der Waals surface area contributed by atoms with Crippen molar-refractivity contribution in [2.45, 2.75) is 24.8 Å². The van der Waals surface area contributed by atoms with Crippen molar-refractivity contribution < 1.29 is 19.1 Å². The molecule has 0 aromatic heterocycles. The lowest BCUT2D eigenvalue weighted by Gasteiger charge is -2.14. The minimum Gasteiger partial charge on any atom is -0.449 e. The Balaban J connectivity index is 2.65. The van der Waals surface area contributed by atoms with Crippen LogP contribution in [-0.4, -0.2) is 36.8 Å². The van der Waals surface area contributed by atoms with Gasteiger partial charge in [-0.3, -0.25) is 10.1 Å². The molecular weight excluding hydrogens is 292 g/mol. The fourth-order valence-electron chi connectivity index (χ4n) is 1.51. The highest BCUT2D eigenvalue weighted by Gasteiger charge is 2.21. The summed E-state index contributed by atoms with van der Waals surface area (Å²) in [7, 11) is 0. The van der Waals surface area contributed by atoms with Gasteiger partial charge >= 0.3 is 12.0 Å². The summed E-state index contributed by atoms with van der Waals surface area (Å²) in [4.78, 5) is 35.7. The third-order valence-corrected chi connectivity index (χ3v) is 3.35. The number of carbonyl (C=O) groups excluding carboxylic acids is 3. The summed E-state index contributed by atoms with van der Waals surface area (Å²) in [5.74, 6) is -1.27. The van der Waals surface area contributed by atoms with E-state index in [-0.39, 0.29) is 0 Å². The molecule has 0 radical (unpaired) electrons. The number of hydrogen-bond donors (Lipinski definition) is 2. The molecule has 0 saturated carbocycles. The monoisotopic (exact) mass is 310 g/mol. The molecule has 7 heteroatoms. The van der Waals surface area contributed by atoms with Crippen molar-refractivity contribution >= 4 is 29.7 Å². The number of imide groups is 1. The fourth-order valence-corrected chi connectivity index (χ4v) is 2.10. The van der Waals surface area contributed by atoms with E-state index in [1.807, 2.05) is 12.3 Å². The average molecular weight is 310 g/mol. The summed E-state index contributed by atoms with van der Waals surface area (Å²) in [5.41, 5.74) is 0.391. The molecule has 0 spiro atoms. The number of hydrogen-bond acceptors (Lipinski definition) is 5. The second kappa shape index (κ2) is 8.31. The van der Waals surface area contributed by atoms with E-state index < -0.39 is 24.0 Å². The van der Waals surface area contributed by atoms with Gasteiger partial charge in [0.15, 0.2) is 6.10 Å². The Hall–Kier alpha value is -2.02. The molecule has 114 valence electrons. The molecule has 3 amide bonds. The lowest BCUT2D eigenvalue weighted by atomic mass is 10.2. The van der Waals surface area contributed by atoms with Gasteiger partial charge in [0.05, 0.1) is 5.56 Å². The molecule has 0 bridgehead atoms. The topological polar surface area (TPSA) is 84.5 Å². The normalized spacial score (nSPS) is 11.4. The number of benzene rings is 1. The third kappa shape index (κ3) is 5.11. The van der Waals surface area contributed by atoms with Crippen LogP contribution in [0.25, 0.3) is 0 Å². The Bertz CT molecular complexity index is 533. The predicted octanol–water partition coefficient (Wildman–Crippen LogP) is 1.80. The third-order valence-electron chi connectivity index (χ3n) is 2.55. The zero-order valence-electron chi connectivity index (χ0n) is 12.1. The lowest BCUT2D eigenvalue weighted by molar-refractivity contribution is -0.127. The van der Waals surface area contributed by atoms with E-state index in [1.165, 1.54) is 18.7 Å². The van der Waals surface area contributed by atoms with Crippen molar-refractivity contribution in [1.82, 2.24) is 10.6 Å². The highest BCUT2D eigenvalue weighted by molar-refractivity contribution is 7.98. The highest BCUT2D eigenvalue weighted by atomic mass is 32.2. The Morgan fingerprint density at radius 1 is 1.29 bits per heavy atom. The van der Waals surface area contributed by atoms with Gasteiger partial charge in [0.2, 0.25) is 0 Å². The van der Waals surface area contributed by atoms with E-state index in [9.17, 15) is 14.4 Å². The molecule has 0 fully saturated rings. The van der Waals surface area contributed by atoms with Crippen LogP contribution in [0.4, 0.5) is 4.79 Å². The SMILES string of the molecule is CCNC(=O)NC(=O)C(C)OC(=O)c1ccccc1SC. The summed E-state index contributed by atoms with van der Waals surface area (Å²) in [6.07, 6.45) is 0.784. The molecule has 0 saturated heterocycles. The first-order valence-electron chi connectivity index (χ1n) is 6.42. The first kappa shape index (κ1) is 17.0. The number of ether oxygens (including phenoxy) is 1. The first-order chi connectivity index (χ1) is 9.99. The maximum atomic E-state index is 12.0. The van der Waals surface area contributed by atoms with Crippen molar-refractivity contribution in [2.24, 2.45) is 0 Å². The molecule has 2 N–H and O–H groups in total.